The Morgan fingerprint density at radius 3 is 2.58 bits per heavy atom. The van der Waals surface area contributed by atoms with Gasteiger partial charge in [0.25, 0.3) is 0 Å². The molecular weight excluding hydrogens is 166 g/mol. The number of alkyl halides is 1. The Morgan fingerprint density at radius 1 is 1.67 bits per heavy atom. The summed E-state index contributed by atoms with van der Waals surface area (Å²) in [4.78, 5) is 0. The Balaban J connectivity index is 2.64. The summed E-state index contributed by atoms with van der Waals surface area (Å²) in [5.41, 5.74) is 1.92. The normalized spacial score (nSPS) is 28.4. The molecule has 2 radical (unpaired) electrons. The molecule has 0 saturated carbocycles. The summed E-state index contributed by atoms with van der Waals surface area (Å²) in [6, 6.07) is 0. The summed E-state index contributed by atoms with van der Waals surface area (Å²) >= 11 is 6.02. The van der Waals surface area contributed by atoms with E-state index in [9.17, 15) is 0 Å². The fourth-order valence-corrected chi connectivity index (χ4v) is 1.77. The Labute approximate surface area is 81.1 Å². The number of hydrogen-bond donors (Lipinski definition) is 0. The zero-order valence-electron chi connectivity index (χ0n) is 7.68. The summed E-state index contributed by atoms with van der Waals surface area (Å²) in [5, 5.41) is 0.186. The smallest absolute Gasteiger partial charge is 0.113 e. The van der Waals surface area contributed by atoms with Crippen LogP contribution in [0.5, 0.6) is 0 Å². The largest absolute Gasteiger partial charge is 0.123 e. The van der Waals surface area contributed by atoms with E-state index >= 15 is 0 Å². The van der Waals surface area contributed by atoms with Crippen molar-refractivity contribution in [2.75, 3.05) is 0 Å². The van der Waals surface area contributed by atoms with E-state index in [4.69, 9.17) is 19.4 Å². The van der Waals surface area contributed by atoms with Gasteiger partial charge in [-0.25, -0.2) is 0 Å². The highest BCUT2D eigenvalue weighted by Gasteiger charge is 2.26. The highest BCUT2D eigenvalue weighted by atomic mass is 35.5. The van der Waals surface area contributed by atoms with Gasteiger partial charge in [-0.05, 0) is 25.2 Å². The van der Waals surface area contributed by atoms with Crippen molar-refractivity contribution in [3.8, 4) is 0 Å². The van der Waals surface area contributed by atoms with Crippen LogP contribution >= 0.6 is 11.6 Å². The van der Waals surface area contributed by atoms with Crippen LogP contribution in [0.2, 0.25) is 0 Å². The molecule has 0 fully saturated rings. The topological polar surface area (TPSA) is 0 Å². The number of hydrogen-bond acceptors (Lipinski definition) is 0. The van der Waals surface area contributed by atoms with Crippen molar-refractivity contribution in [3.63, 3.8) is 0 Å². The van der Waals surface area contributed by atoms with Gasteiger partial charge in [0, 0.05) is 5.38 Å². The maximum atomic E-state index is 6.02. The van der Waals surface area contributed by atoms with Gasteiger partial charge in [-0.2, -0.15) is 0 Å². The van der Waals surface area contributed by atoms with Gasteiger partial charge in [0.1, 0.15) is 7.85 Å². The molecule has 2 heteroatoms. The summed E-state index contributed by atoms with van der Waals surface area (Å²) in [7, 11) is 5.73. The van der Waals surface area contributed by atoms with Crippen molar-refractivity contribution in [2.45, 2.75) is 25.6 Å². The van der Waals surface area contributed by atoms with Crippen LogP contribution in [0.4, 0.5) is 0 Å². The number of rotatable bonds is 2. The molecule has 1 rings (SSSR count). The highest BCUT2D eigenvalue weighted by Crippen LogP contribution is 2.36. The lowest BCUT2D eigenvalue weighted by molar-refractivity contribution is 0.422. The molecule has 0 aromatic rings. The summed E-state index contributed by atoms with van der Waals surface area (Å²) in [6.07, 6.45) is 3.05. The van der Waals surface area contributed by atoms with Crippen molar-refractivity contribution in [1.29, 1.82) is 0 Å². The molecule has 0 heterocycles. The van der Waals surface area contributed by atoms with E-state index < -0.39 is 0 Å². The molecule has 1 unspecified atom stereocenters. The minimum atomic E-state index is 0.186. The molecule has 0 saturated heterocycles. The minimum Gasteiger partial charge on any atom is -0.123 e. The van der Waals surface area contributed by atoms with E-state index in [0.29, 0.717) is 11.8 Å². The first kappa shape index (κ1) is 9.92. The van der Waals surface area contributed by atoms with Gasteiger partial charge in [0.05, 0.1) is 0 Å². The van der Waals surface area contributed by atoms with Gasteiger partial charge in [-0.1, -0.05) is 30.6 Å². The maximum absolute atomic E-state index is 6.02. The van der Waals surface area contributed by atoms with E-state index in [2.05, 4.69) is 13.5 Å². The molecule has 0 bridgehead atoms. The second kappa shape index (κ2) is 3.70. The third-order valence-electron chi connectivity index (χ3n) is 2.77. The number of halogens is 1. The van der Waals surface area contributed by atoms with E-state index in [-0.39, 0.29) is 5.38 Å². The molecule has 1 aliphatic carbocycles. The average Bonchev–Trinajstić information content (AvgIpc) is 2.32. The van der Waals surface area contributed by atoms with Crippen LogP contribution in [0.3, 0.4) is 0 Å². The van der Waals surface area contributed by atoms with Crippen LogP contribution in [-0.2, 0) is 0 Å². The Hall–Kier alpha value is -0.165. The van der Waals surface area contributed by atoms with Crippen molar-refractivity contribution in [1.82, 2.24) is 0 Å². The predicted octanol–water partition coefficient (Wildman–Crippen LogP) is 2.88. The molecule has 0 aromatic heterocycles. The molecule has 0 nitrogen and oxygen atoms in total. The maximum Gasteiger partial charge on any atom is 0.113 e. The van der Waals surface area contributed by atoms with Gasteiger partial charge >= 0.3 is 0 Å². The van der Waals surface area contributed by atoms with E-state index in [1.807, 2.05) is 13.0 Å². The fraction of sp³-hybridized carbons (Fsp3) is 0.600. The van der Waals surface area contributed by atoms with Crippen LogP contribution < -0.4 is 0 Å². The third-order valence-corrected chi connectivity index (χ3v) is 3.17. The SMILES string of the molecule is [B]C1=CCC([C@@H](C)[C@H](C)Cl)C1=C. The summed E-state index contributed by atoms with van der Waals surface area (Å²) in [5.74, 6) is 0.911. The summed E-state index contributed by atoms with van der Waals surface area (Å²) in [6.45, 7) is 8.14. The van der Waals surface area contributed by atoms with E-state index in [1.165, 1.54) is 0 Å². The standard InChI is InChI=1S/C10H14BCl/c1-6(8(3)12)9-4-5-10(11)7(9)2/h5-6,8-9H,2,4H2,1,3H3/t6-,8-,9?/m0/s1. The van der Waals surface area contributed by atoms with E-state index in [1.54, 1.807) is 0 Å². The molecule has 64 valence electrons. The lowest BCUT2D eigenvalue weighted by Gasteiger charge is -2.23. The zero-order chi connectivity index (χ0) is 9.30. The third kappa shape index (κ3) is 1.77. The molecule has 0 aromatic carbocycles. The molecular formula is C10H14BCl. The predicted molar refractivity (Wildman–Crippen MR) is 55.6 cm³/mol. The monoisotopic (exact) mass is 180 g/mol. The first-order valence-corrected chi connectivity index (χ1v) is 4.76. The molecule has 12 heavy (non-hydrogen) atoms. The van der Waals surface area contributed by atoms with Gasteiger partial charge in [-0.3, -0.25) is 0 Å². The Kier molecular flexibility index (Phi) is 3.06. The quantitative estimate of drug-likeness (QED) is 0.453. The van der Waals surface area contributed by atoms with Gasteiger partial charge in [0.2, 0.25) is 0 Å². The Bertz CT molecular complexity index is 218. The molecule has 0 aliphatic heterocycles. The van der Waals surface area contributed by atoms with Crippen LogP contribution in [0, 0.1) is 11.8 Å². The Morgan fingerprint density at radius 2 is 2.25 bits per heavy atom. The van der Waals surface area contributed by atoms with Crippen molar-refractivity contribution in [2.24, 2.45) is 11.8 Å². The fourth-order valence-electron chi connectivity index (χ4n) is 1.59. The van der Waals surface area contributed by atoms with Gasteiger partial charge < -0.3 is 0 Å². The first-order valence-electron chi connectivity index (χ1n) is 4.33. The zero-order valence-corrected chi connectivity index (χ0v) is 8.43. The molecule has 0 spiro atoms. The lowest BCUT2D eigenvalue weighted by Crippen LogP contribution is -2.18. The van der Waals surface area contributed by atoms with E-state index in [0.717, 1.165) is 17.5 Å². The molecule has 0 N–H and O–H groups in total. The first-order chi connectivity index (χ1) is 5.54. The molecule has 1 aliphatic rings. The molecule has 3 atom stereocenters. The highest BCUT2D eigenvalue weighted by molar-refractivity contribution is 6.24. The van der Waals surface area contributed by atoms with Crippen LogP contribution in [-0.4, -0.2) is 13.2 Å². The average molecular weight is 180 g/mol. The van der Waals surface area contributed by atoms with Gasteiger partial charge in [-0.15, -0.1) is 11.6 Å². The van der Waals surface area contributed by atoms with Crippen molar-refractivity contribution in [3.05, 3.63) is 23.7 Å². The second-order valence-corrected chi connectivity index (χ2v) is 4.25. The van der Waals surface area contributed by atoms with Gasteiger partial charge in [0.15, 0.2) is 0 Å². The second-order valence-electron chi connectivity index (χ2n) is 3.56. The number of allylic oxidation sites excluding steroid dienone is 3. The van der Waals surface area contributed by atoms with Crippen LogP contribution in [0.1, 0.15) is 20.3 Å². The minimum absolute atomic E-state index is 0.186. The van der Waals surface area contributed by atoms with Crippen LogP contribution in [0.15, 0.2) is 23.7 Å². The summed E-state index contributed by atoms with van der Waals surface area (Å²) < 4.78 is 0. The van der Waals surface area contributed by atoms with Crippen molar-refractivity contribution < 1.29 is 0 Å². The lowest BCUT2D eigenvalue weighted by atomic mass is 9.81. The molecule has 0 amide bonds. The van der Waals surface area contributed by atoms with Crippen LogP contribution in [0.25, 0.3) is 0 Å². The van der Waals surface area contributed by atoms with Crippen molar-refractivity contribution >= 4 is 19.4 Å².